The first-order chi connectivity index (χ1) is 63.7. The van der Waals surface area contributed by atoms with Gasteiger partial charge in [0.1, 0.15) is 63.6 Å². The summed E-state index contributed by atoms with van der Waals surface area (Å²) in [5, 5.41) is 38.4. The number of thioether (sulfide) groups is 2. The first kappa shape index (κ1) is 106. The lowest BCUT2D eigenvalue weighted by Crippen LogP contribution is -2.29. The molecule has 0 atom stereocenters. The lowest BCUT2D eigenvalue weighted by atomic mass is 10.1. The van der Waals surface area contributed by atoms with E-state index in [9.17, 15) is 65.7 Å². The number of nitrogens with zero attached hydrogens (tertiary/aromatic N) is 13. The first-order valence-corrected chi connectivity index (χ1v) is 46.5. The summed E-state index contributed by atoms with van der Waals surface area (Å²) in [4.78, 5) is 106. The highest BCUT2D eigenvalue weighted by atomic mass is 35.5. The van der Waals surface area contributed by atoms with Crippen LogP contribution in [0.5, 0.6) is 0 Å². The van der Waals surface area contributed by atoms with Crippen LogP contribution in [0.25, 0.3) is 33.8 Å². The van der Waals surface area contributed by atoms with E-state index in [0.717, 1.165) is 129 Å². The van der Waals surface area contributed by atoms with E-state index >= 15 is 0 Å². The maximum atomic E-state index is 12.9. The first-order valence-electron chi connectivity index (χ1n) is 42.7. The van der Waals surface area contributed by atoms with E-state index in [1.165, 1.54) is 87.7 Å². The molecule has 14 rings (SSSR count). The van der Waals surface area contributed by atoms with Crippen LogP contribution in [0.1, 0.15) is 166 Å². The van der Waals surface area contributed by atoms with E-state index in [2.05, 4.69) is 65.2 Å². The summed E-state index contributed by atoms with van der Waals surface area (Å²) in [5.41, 5.74) is 14.3. The summed E-state index contributed by atoms with van der Waals surface area (Å²) in [6.45, 7) is 17.2. The Morgan fingerprint density at radius 2 is 0.791 bits per heavy atom. The third kappa shape index (κ3) is 36.1. The number of nitrogens with one attached hydrogen (secondary N) is 2. The Kier molecular flexibility index (Phi) is 40.6. The smallest absolute Gasteiger partial charge is 0.416 e. The highest BCUT2D eigenvalue weighted by Gasteiger charge is 2.32. The maximum absolute atomic E-state index is 12.9. The number of nitrogens with two attached hydrogens (primary N) is 1. The second-order valence-corrected chi connectivity index (χ2v) is 36.4. The average molecular weight is 1960 g/mol. The maximum Gasteiger partial charge on any atom is 0.416 e. The van der Waals surface area contributed by atoms with E-state index < -0.39 is 55.7 Å². The number of alkyl halides is 6. The highest BCUT2D eigenvalue weighted by molar-refractivity contribution is 7.98. The van der Waals surface area contributed by atoms with Crippen molar-refractivity contribution in [1.82, 2.24) is 39.9 Å². The number of carbonyl (C=O) groups excluding carboxylic acids is 3. The molecule has 4 aromatic heterocycles. The SMILES string of the molecule is CC(C)(C)OC(=O)CCSCc1cccc(C(=O)Cl)c1.CC(C)(C)OC(=O)CCSCc1cccc(C(=O)O)c1.Clc1cc(Cl)ncn1.Nc1ccc(N2CCCCC2)cc1-c1cc(NCc2cccc(C(F)(F)F)c2)ncn1.O=[N+]([O-])c1ccc(N2CCCCC2)cc1-c1cc(Cl)ncn1.O=[N+]([O-])c1ccc(N2CCCCC2)cc1-c1cc(NCc2cccc(C(F)(F)F)c2)ncn1. The van der Waals surface area contributed by atoms with E-state index in [4.69, 9.17) is 66.7 Å². The van der Waals surface area contributed by atoms with Gasteiger partial charge >= 0.3 is 30.3 Å². The molecule has 134 heavy (non-hydrogen) atoms. The fraction of sp³-hybridized carbons (Fsp3) is 0.347. The zero-order valence-electron chi connectivity index (χ0n) is 74.3. The summed E-state index contributed by atoms with van der Waals surface area (Å²) in [7, 11) is 0. The normalized spacial score (nSPS) is 13.2. The molecule has 27 nitrogen and oxygen atoms in total. The van der Waals surface area contributed by atoms with Crippen LogP contribution in [0, 0.1) is 20.2 Å². The molecule has 3 fully saturated rings. The number of nitro benzene ring substituents is 2. The summed E-state index contributed by atoms with van der Waals surface area (Å²) < 4.78 is 88.0. The van der Waals surface area contributed by atoms with Crippen LogP contribution >= 0.6 is 69.9 Å². The lowest BCUT2D eigenvalue weighted by Gasteiger charge is -2.29. The van der Waals surface area contributed by atoms with E-state index in [-0.39, 0.29) is 47.1 Å². The fourth-order valence-electron chi connectivity index (χ4n) is 13.7. The summed E-state index contributed by atoms with van der Waals surface area (Å²) in [6.07, 6.45) is 7.74. The molecule has 0 aliphatic carbocycles. The van der Waals surface area contributed by atoms with Gasteiger partial charge in [-0.3, -0.25) is 34.6 Å². The van der Waals surface area contributed by atoms with Gasteiger partial charge in [-0.2, -0.15) is 49.9 Å². The quantitative estimate of drug-likeness (QED) is 0.00572. The molecule has 39 heteroatoms. The van der Waals surface area contributed by atoms with Gasteiger partial charge in [0.15, 0.2) is 0 Å². The number of rotatable bonds is 26. The number of aromatic carboxylic acids is 1. The Labute approximate surface area is 800 Å². The molecule has 7 aromatic carbocycles. The van der Waals surface area contributed by atoms with Crippen LogP contribution < -0.4 is 31.1 Å². The fourth-order valence-corrected chi connectivity index (χ4v) is 16.1. The van der Waals surface area contributed by atoms with Gasteiger partial charge in [-0.05, 0) is 218 Å². The number of hydrogen-bond donors (Lipinski definition) is 4. The van der Waals surface area contributed by atoms with E-state index in [1.54, 1.807) is 108 Å². The van der Waals surface area contributed by atoms with Crippen LogP contribution in [0.3, 0.4) is 0 Å². The Hall–Kier alpha value is -12.0. The zero-order valence-corrected chi connectivity index (χ0v) is 79.0. The number of hydrogen-bond acceptors (Lipinski definition) is 26. The molecule has 710 valence electrons. The Balaban J connectivity index is 0.000000187. The largest absolute Gasteiger partial charge is 0.478 e. The van der Waals surface area contributed by atoms with Gasteiger partial charge in [0.05, 0.1) is 67.6 Å². The molecule has 0 unspecified atom stereocenters. The van der Waals surface area contributed by atoms with Crippen molar-refractivity contribution in [2.45, 2.75) is 160 Å². The highest BCUT2D eigenvalue weighted by Crippen LogP contribution is 2.39. The molecule has 0 saturated carbocycles. The molecule has 7 heterocycles. The number of aromatic nitrogens is 8. The van der Waals surface area contributed by atoms with Crippen LogP contribution in [0.15, 0.2) is 201 Å². The second kappa shape index (κ2) is 51.5. The Morgan fingerprint density at radius 3 is 1.16 bits per heavy atom. The van der Waals surface area contributed by atoms with Crippen molar-refractivity contribution < 1.29 is 69.9 Å². The third-order valence-corrected chi connectivity index (χ3v) is 22.9. The van der Waals surface area contributed by atoms with Gasteiger partial charge < -0.3 is 45.6 Å². The van der Waals surface area contributed by atoms with Crippen LogP contribution in [-0.2, 0) is 56.0 Å². The molecular formula is C95H102Cl4F6N16O11S2. The van der Waals surface area contributed by atoms with Gasteiger partial charge in [-0.25, -0.2) is 44.7 Å². The molecule has 0 spiro atoms. The number of esters is 2. The third-order valence-electron chi connectivity index (χ3n) is 20.0. The van der Waals surface area contributed by atoms with E-state index in [0.29, 0.717) is 103 Å². The number of carboxylic acids is 1. The van der Waals surface area contributed by atoms with Crippen molar-refractivity contribution in [3.8, 4) is 33.8 Å². The number of carboxylic acid groups (broad SMARTS) is 1. The summed E-state index contributed by atoms with van der Waals surface area (Å²) in [6, 6.07) is 46.7. The van der Waals surface area contributed by atoms with E-state index in [1.807, 2.05) is 77.9 Å². The van der Waals surface area contributed by atoms with Gasteiger partial charge in [-0.15, -0.1) is 0 Å². The number of halogens is 10. The number of nitro groups is 2. The molecular weight excluding hydrogens is 1860 g/mol. The minimum absolute atomic E-state index is 0.0236. The lowest BCUT2D eigenvalue weighted by molar-refractivity contribution is -0.384. The van der Waals surface area contributed by atoms with Crippen molar-refractivity contribution >= 4 is 139 Å². The summed E-state index contributed by atoms with van der Waals surface area (Å²) in [5.74, 6) is 2.33. The van der Waals surface area contributed by atoms with Gasteiger partial charge in [0.25, 0.3) is 16.6 Å². The Morgan fingerprint density at radius 1 is 0.440 bits per heavy atom. The van der Waals surface area contributed by atoms with Gasteiger partial charge in [0.2, 0.25) is 0 Å². The monoisotopic (exact) mass is 1960 g/mol. The summed E-state index contributed by atoms with van der Waals surface area (Å²) >= 11 is 25.3. The van der Waals surface area contributed by atoms with Crippen molar-refractivity contribution in [2.75, 3.05) is 81.8 Å². The second-order valence-electron chi connectivity index (χ2n) is 32.7. The molecule has 0 bridgehead atoms. The van der Waals surface area contributed by atoms with Crippen LogP contribution in [-0.4, -0.2) is 140 Å². The number of piperidine rings is 3. The number of ether oxygens (including phenoxy) is 2. The van der Waals surface area contributed by atoms with Crippen molar-refractivity contribution in [1.29, 1.82) is 0 Å². The van der Waals surface area contributed by atoms with Crippen molar-refractivity contribution in [3.63, 3.8) is 0 Å². The standard InChI is InChI=1S/C23H22F3N5O2.C23H24F3N5.C15H15ClN4O2.C15H19ClO3S.C15H20O4S.C4H2Cl2N2/c24-23(25,26)17-6-4-5-16(11-17)14-27-22-13-20(28-15-29-22)19-12-18(7-8-21(19)31(32)33)30-9-2-1-3-10-30;24-23(25,26)17-6-4-5-16(11-17)14-28-22-13-21(29-15-30-22)19-12-18(7-8-20(19)27)31-9-2-1-3-10-31;16-15-9-13(17-10-18-15)12-8-11(4-5-14(12)20(21)22)19-6-2-1-3-7-19;1-15(2,3)19-13(17)7-8-20-10-11-5-4-6-12(9-11)14(16)18;1-15(2,3)19-13(16)7-8-20-10-11-5-4-6-12(9-11)14(17)18;5-3-1-4(6)8-2-7-3/h4-8,11-13,15H,1-3,9-10,14H2,(H,27,28,29);4-8,11-13,15H,1-3,9-10,14,27H2,(H,28,29,30);4-5,8-10H,1-3,6-7H2;4-6,9H,7-8,10H2,1-3H3;4-6,9H,7-8,10H2,1-3H3,(H,17,18);1-2H. The number of anilines is 6. The molecule has 3 saturated heterocycles. The zero-order chi connectivity index (χ0) is 97.1. The predicted molar refractivity (Wildman–Crippen MR) is 516 cm³/mol. The molecule has 3 aliphatic heterocycles. The minimum Gasteiger partial charge on any atom is -0.478 e. The van der Waals surface area contributed by atoms with Crippen molar-refractivity contribution in [3.05, 3.63) is 281 Å². The van der Waals surface area contributed by atoms with Crippen molar-refractivity contribution in [2.24, 2.45) is 0 Å². The Bertz CT molecular complexity index is 5670. The molecule has 0 amide bonds. The number of benzene rings is 7. The number of nitrogen functional groups attached to an aromatic ring is 1. The molecule has 0 radical (unpaired) electrons. The molecule has 5 N–H and O–H groups in total. The van der Waals surface area contributed by atoms with Crippen LogP contribution in [0.2, 0.25) is 15.5 Å². The number of carbonyl (C=O) groups is 4. The molecule has 3 aliphatic rings. The molecule has 11 aromatic rings. The minimum atomic E-state index is -4.42. The van der Waals surface area contributed by atoms with Crippen LogP contribution in [0.4, 0.5) is 72.1 Å². The average Bonchev–Trinajstić information content (AvgIpc) is 0.816. The predicted octanol–water partition coefficient (Wildman–Crippen LogP) is 23.9. The van der Waals surface area contributed by atoms with Gasteiger partial charge in [-0.1, -0.05) is 89.4 Å². The van der Waals surface area contributed by atoms with Gasteiger partial charge in [0, 0.05) is 146 Å². The topological polar surface area (TPSA) is 356 Å².